The summed E-state index contributed by atoms with van der Waals surface area (Å²) in [6, 6.07) is 9.09. The fourth-order valence-corrected chi connectivity index (χ4v) is 4.31. The molecule has 0 aliphatic heterocycles. The average Bonchev–Trinajstić information content (AvgIpc) is 3.01. The lowest BCUT2D eigenvalue weighted by Gasteiger charge is -2.31. The first-order valence-electron chi connectivity index (χ1n) is 17.2. The Morgan fingerprint density at radius 2 is 1.00 bits per heavy atom. The molecule has 0 aliphatic carbocycles. The predicted octanol–water partition coefficient (Wildman–Crippen LogP) is 4.63. The maximum Gasteiger partial charge on any atom is 0.407 e. The van der Waals surface area contributed by atoms with E-state index in [-0.39, 0.29) is 12.6 Å². The van der Waals surface area contributed by atoms with Crippen LogP contribution in [-0.4, -0.2) is 107 Å². The molecule has 0 spiro atoms. The summed E-state index contributed by atoms with van der Waals surface area (Å²) in [5.74, 6) is 0. The van der Waals surface area contributed by atoms with Gasteiger partial charge in [0.25, 0.3) is 0 Å². The molecule has 0 unspecified atom stereocenters. The van der Waals surface area contributed by atoms with Crippen molar-refractivity contribution in [2.45, 2.75) is 97.5 Å². The Morgan fingerprint density at radius 1 is 0.560 bits per heavy atom. The number of amides is 5. The molecule has 0 aliphatic rings. The summed E-state index contributed by atoms with van der Waals surface area (Å²) in [5, 5.41) is 14.0. The predicted molar refractivity (Wildman–Crippen MR) is 189 cm³/mol. The number of hydrogen-bond acceptors (Lipinski definition) is 10. The van der Waals surface area contributed by atoms with Gasteiger partial charge < -0.3 is 55.0 Å². The fraction of sp³-hybridized carbons (Fsp3) is 0.714. The molecule has 0 atom stereocenters. The number of benzene rings is 1. The van der Waals surface area contributed by atoms with Crippen LogP contribution in [0.25, 0.3) is 0 Å². The van der Waals surface area contributed by atoms with Crippen molar-refractivity contribution < 1.29 is 47.6 Å². The number of nitrogens with one attached hydrogen (secondary N) is 5. The van der Waals surface area contributed by atoms with Crippen molar-refractivity contribution in [2.24, 2.45) is 0 Å². The van der Waals surface area contributed by atoms with E-state index < -0.39 is 35.0 Å². The van der Waals surface area contributed by atoms with Gasteiger partial charge in [0.2, 0.25) is 0 Å². The highest BCUT2D eigenvalue weighted by Crippen LogP contribution is 2.19. The number of carbonyl (C=O) groups is 4. The maximum atomic E-state index is 12.7. The van der Waals surface area contributed by atoms with Crippen molar-refractivity contribution in [2.75, 3.05) is 65.8 Å². The number of rotatable bonds is 23. The van der Waals surface area contributed by atoms with Crippen LogP contribution in [0, 0.1) is 0 Å². The molecule has 0 heterocycles. The van der Waals surface area contributed by atoms with Crippen molar-refractivity contribution in [1.82, 2.24) is 26.6 Å². The van der Waals surface area contributed by atoms with Gasteiger partial charge in [0.1, 0.15) is 17.8 Å². The number of ether oxygens (including phenoxy) is 6. The molecule has 0 bridgehead atoms. The van der Waals surface area contributed by atoms with Crippen molar-refractivity contribution in [3.8, 4) is 0 Å². The molecule has 15 nitrogen and oxygen atoms in total. The van der Waals surface area contributed by atoms with Gasteiger partial charge in [0.15, 0.2) is 0 Å². The van der Waals surface area contributed by atoms with Crippen molar-refractivity contribution >= 4 is 24.3 Å². The normalized spacial score (nSPS) is 11.7. The first kappa shape index (κ1) is 44.2. The Balaban J connectivity index is 2.22. The highest BCUT2D eigenvalue weighted by atomic mass is 16.6. The van der Waals surface area contributed by atoms with E-state index in [1.54, 1.807) is 41.5 Å². The molecule has 50 heavy (non-hydrogen) atoms. The zero-order valence-electron chi connectivity index (χ0n) is 31.1. The summed E-state index contributed by atoms with van der Waals surface area (Å²) >= 11 is 0. The lowest BCUT2D eigenvalue weighted by molar-refractivity contribution is 0.0158. The third-order valence-corrected chi connectivity index (χ3v) is 6.57. The summed E-state index contributed by atoms with van der Waals surface area (Å²) in [6.45, 7) is 16.4. The Kier molecular flexibility index (Phi) is 21.5. The molecular formula is C35H61N5O10. The molecule has 286 valence electrons. The molecule has 0 saturated heterocycles. The highest BCUT2D eigenvalue weighted by Gasteiger charge is 2.26. The van der Waals surface area contributed by atoms with Gasteiger partial charge in [-0.05, 0) is 79.7 Å². The minimum absolute atomic E-state index is 0.210. The number of hydrogen-bond donors (Lipinski definition) is 5. The average molecular weight is 712 g/mol. The summed E-state index contributed by atoms with van der Waals surface area (Å²) < 4.78 is 32.2. The molecule has 1 rings (SSSR count). The highest BCUT2D eigenvalue weighted by molar-refractivity contribution is 5.74. The summed E-state index contributed by atoms with van der Waals surface area (Å²) in [5.41, 5.74) is -0.868. The molecule has 0 saturated carbocycles. The Morgan fingerprint density at radius 3 is 1.48 bits per heavy atom. The smallest absolute Gasteiger partial charge is 0.407 e. The first-order valence-corrected chi connectivity index (χ1v) is 17.2. The molecule has 0 radical (unpaired) electrons. The SMILES string of the molecule is CC(CCCNC(=O)OC(C)(C)C)(CCCNC(=O)OC(C)(C)C)NC(=O)NCCOCCOCCOCCNC(=O)OCc1ccccc1. The second-order valence-electron chi connectivity index (χ2n) is 13.8. The number of alkyl carbamates (subject to hydrolysis) is 3. The van der Waals surface area contributed by atoms with Gasteiger partial charge in [0.05, 0.1) is 39.6 Å². The van der Waals surface area contributed by atoms with E-state index in [1.807, 2.05) is 37.3 Å². The van der Waals surface area contributed by atoms with Gasteiger partial charge >= 0.3 is 24.3 Å². The lowest BCUT2D eigenvalue weighted by atomic mass is 9.90. The number of carbonyl (C=O) groups excluding carboxylic acids is 4. The Labute approximate surface area is 297 Å². The summed E-state index contributed by atoms with van der Waals surface area (Å²) in [6.07, 6.45) is 0.883. The van der Waals surface area contributed by atoms with Gasteiger partial charge in [-0.1, -0.05) is 30.3 Å². The van der Waals surface area contributed by atoms with Gasteiger partial charge in [-0.3, -0.25) is 0 Å². The topological polar surface area (TPSA) is 184 Å². The summed E-state index contributed by atoms with van der Waals surface area (Å²) in [7, 11) is 0. The third kappa shape index (κ3) is 26.1. The van der Waals surface area contributed by atoms with Gasteiger partial charge in [-0.15, -0.1) is 0 Å². The molecule has 1 aromatic rings. The number of urea groups is 1. The minimum atomic E-state index is -0.603. The maximum absolute atomic E-state index is 12.7. The zero-order valence-corrected chi connectivity index (χ0v) is 31.1. The molecule has 5 N–H and O–H groups in total. The lowest BCUT2D eigenvalue weighted by Crippen LogP contribution is -2.51. The standard InChI is InChI=1S/C35H61N5O10/c1-33(2,3)49-31(43)37-17-11-15-35(7,16-12-18-38-32(44)50-34(4,5)6)40-29(41)36-19-21-45-23-25-47-26-24-46-22-20-39-30(42)48-27-28-13-9-8-10-14-28/h8-10,13-14H,11-12,15-27H2,1-7H3,(H,37,43)(H,38,44)(H,39,42)(H2,36,40,41). The van der Waals surface area contributed by atoms with Crippen LogP contribution in [-0.2, 0) is 35.0 Å². The van der Waals surface area contributed by atoms with Crippen LogP contribution in [0.15, 0.2) is 30.3 Å². The Hall–Kier alpha value is -3.82. The molecule has 15 heteroatoms. The zero-order chi connectivity index (χ0) is 37.3. The van der Waals surface area contributed by atoms with Crippen molar-refractivity contribution in [1.29, 1.82) is 0 Å². The fourth-order valence-electron chi connectivity index (χ4n) is 4.31. The van der Waals surface area contributed by atoms with Crippen LogP contribution in [0.1, 0.15) is 79.7 Å². The quantitative estimate of drug-likeness (QED) is 0.0793. The first-order chi connectivity index (χ1) is 23.6. The monoisotopic (exact) mass is 711 g/mol. The molecule has 0 aromatic heterocycles. The molecule has 1 aromatic carbocycles. The van der Waals surface area contributed by atoms with Crippen molar-refractivity contribution in [3.05, 3.63) is 35.9 Å². The van der Waals surface area contributed by atoms with E-state index in [0.29, 0.717) is 91.5 Å². The van der Waals surface area contributed by atoms with E-state index >= 15 is 0 Å². The van der Waals surface area contributed by atoms with E-state index in [0.717, 1.165) is 5.56 Å². The van der Waals surface area contributed by atoms with Crippen LogP contribution in [0.5, 0.6) is 0 Å². The third-order valence-electron chi connectivity index (χ3n) is 6.57. The van der Waals surface area contributed by atoms with E-state index in [2.05, 4.69) is 26.6 Å². The second-order valence-corrected chi connectivity index (χ2v) is 13.8. The van der Waals surface area contributed by atoms with E-state index in [1.165, 1.54) is 0 Å². The van der Waals surface area contributed by atoms with Gasteiger partial charge in [-0.2, -0.15) is 0 Å². The molecule has 0 fully saturated rings. The van der Waals surface area contributed by atoms with Gasteiger partial charge in [0, 0.05) is 31.7 Å². The summed E-state index contributed by atoms with van der Waals surface area (Å²) in [4.78, 5) is 48.4. The molecular weight excluding hydrogens is 650 g/mol. The second kappa shape index (κ2) is 24.3. The minimum Gasteiger partial charge on any atom is -0.445 e. The van der Waals surface area contributed by atoms with Crippen LogP contribution in [0.3, 0.4) is 0 Å². The van der Waals surface area contributed by atoms with Crippen LogP contribution >= 0.6 is 0 Å². The largest absolute Gasteiger partial charge is 0.445 e. The van der Waals surface area contributed by atoms with Crippen LogP contribution in [0.4, 0.5) is 19.2 Å². The van der Waals surface area contributed by atoms with Gasteiger partial charge in [-0.25, -0.2) is 19.2 Å². The van der Waals surface area contributed by atoms with Crippen LogP contribution < -0.4 is 26.6 Å². The van der Waals surface area contributed by atoms with Crippen LogP contribution in [0.2, 0.25) is 0 Å². The van der Waals surface area contributed by atoms with E-state index in [9.17, 15) is 19.2 Å². The molecule has 5 amide bonds. The van der Waals surface area contributed by atoms with Crippen molar-refractivity contribution in [3.63, 3.8) is 0 Å². The Bertz CT molecular complexity index is 1070. The van der Waals surface area contributed by atoms with E-state index in [4.69, 9.17) is 28.4 Å².